The van der Waals surface area contributed by atoms with Gasteiger partial charge in [-0.15, -0.1) is 0 Å². The van der Waals surface area contributed by atoms with Crippen LogP contribution in [-0.2, 0) is 12.6 Å². The smallest absolute Gasteiger partial charge is 0.421 e. The largest absolute Gasteiger partial charge is 0.493 e. The third-order valence-electron chi connectivity index (χ3n) is 3.72. The fourth-order valence-corrected chi connectivity index (χ4v) is 2.62. The second kappa shape index (κ2) is 5.26. The number of rotatable bonds is 2. The van der Waals surface area contributed by atoms with E-state index < -0.39 is 11.7 Å². The summed E-state index contributed by atoms with van der Waals surface area (Å²) in [6, 6.07) is 9.32. The minimum absolute atomic E-state index is 0.212. The Bertz CT molecular complexity index is 870. The average Bonchev–Trinajstić information content (AvgIpc) is 2.81. The summed E-state index contributed by atoms with van der Waals surface area (Å²) < 4.78 is 40.3. The zero-order chi connectivity index (χ0) is 16.8. The third kappa shape index (κ3) is 2.62. The van der Waals surface area contributed by atoms with Gasteiger partial charge in [-0.25, -0.2) is 4.98 Å². The second-order valence-electron chi connectivity index (χ2n) is 5.36. The summed E-state index contributed by atoms with van der Waals surface area (Å²) in [4.78, 5) is 4.04. The van der Waals surface area contributed by atoms with Crippen LogP contribution in [0.2, 0.25) is 0 Å². The monoisotopic (exact) mass is 321 g/mol. The first-order chi connectivity index (χ1) is 10.8. The van der Waals surface area contributed by atoms with Crippen molar-refractivity contribution in [1.29, 1.82) is 0 Å². The number of aromatic nitrogens is 3. The molecule has 0 saturated heterocycles. The van der Waals surface area contributed by atoms with Crippen LogP contribution in [0.1, 0.15) is 28.1 Å². The quantitative estimate of drug-likeness (QED) is 0.783. The highest BCUT2D eigenvalue weighted by Crippen LogP contribution is 2.36. The molecular formula is C16H14F3N3O. The molecule has 3 rings (SSSR count). The summed E-state index contributed by atoms with van der Waals surface area (Å²) >= 11 is 0. The normalized spacial score (nSPS) is 12.0. The maximum absolute atomic E-state index is 13.1. The van der Waals surface area contributed by atoms with Gasteiger partial charge < -0.3 is 5.11 Å². The Kier molecular flexibility index (Phi) is 3.50. The molecule has 120 valence electrons. The summed E-state index contributed by atoms with van der Waals surface area (Å²) in [7, 11) is 0. The van der Waals surface area contributed by atoms with Crippen molar-refractivity contribution in [3.63, 3.8) is 0 Å². The van der Waals surface area contributed by atoms with Crippen molar-refractivity contribution >= 4 is 5.65 Å². The number of hydrogen-bond acceptors (Lipinski definition) is 3. The first-order valence-corrected chi connectivity index (χ1v) is 6.98. The number of halogens is 3. The van der Waals surface area contributed by atoms with E-state index in [-0.39, 0.29) is 17.2 Å². The predicted octanol–water partition coefficient (Wildman–Crippen LogP) is 3.66. The lowest BCUT2D eigenvalue weighted by atomic mass is 10.0. The highest BCUT2D eigenvalue weighted by Gasteiger charge is 2.38. The lowest BCUT2D eigenvalue weighted by Gasteiger charge is -2.11. The van der Waals surface area contributed by atoms with Gasteiger partial charge >= 0.3 is 6.18 Å². The van der Waals surface area contributed by atoms with Crippen molar-refractivity contribution in [2.45, 2.75) is 26.4 Å². The fraction of sp³-hybridized carbons (Fsp3) is 0.250. The maximum atomic E-state index is 13.1. The molecule has 0 bridgehead atoms. The van der Waals surface area contributed by atoms with Crippen LogP contribution in [0, 0.1) is 13.8 Å². The summed E-state index contributed by atoms with van der Waals surface area (Å²) in [6.07, 6.45) is -4.21. The van der Waals surface area contributed by atoms with Crippen LogP contribution in [0.15, 0.2) is 30.3 Å². The van der Waals surface area contributed by atoms with Crippen molar-refractivity contribution in [3.05, 3.63) is 58.4 Å². The lowest BCUT2D eigenvalue weighted by molar-refractivity contribution is -0.136. The molecule has 0 radical (unpaired) electrons. The SMILES string of the molecule is Cc1nc2c(C(F)(F)F)c(C)nn2c(O)c1Cc1ccccc1. The number of nitrogens with zero attached hydrogens (tertiary/aromatic N) is 3. The zero-order valence-electron chi connectivity index (χ0n) is 12.5. The van der Waals surface area contributed by atoms with Crippen molar-refractivity contribution in [2.24, 2.45) is 0 Å². The van der Waals surface area contributed by atoms with E-state index in [9.17, 15) is 18.3 Å². The van der Waals surface area contributed by atoms with Gasteiger partial charge in [0.1, 0.15) is 5.56 Å². The number of aryl methyl sites for hydroxylation is 2. The molecule has 0 atom stereocenters. The fourth-order valence-electron chi connectivity index (χ4n) is 2.62. The van der Waals surface area contributed by atoms with E-state index in [0.29, 0.717) is 17.7 Å². The second-order valence-corrected chi connectivity index (χ2v) is 5.36. The average molecular weight is 321 g/mol. The van der Waals surface area contributed by atoms with Gasteiger partial charge in [0.15, 0.2) is 5.65 Å². The molecule has 1 aromatic carbocycles. The standard InChI is InChI=1S/C16H14F3N3O/c1-9-12(8-11-6-4-3-5-7-11)15(23)22-14(20-9)13(10(2)21-22)16(17,18)19/h3-7,23H,8H2,1-2H3. The molecule has 0 spiro atoms. The molecule has 0 amide bonds. The molecule has 23 heavy (non-hydrogen) atoms. The molecule has 4 nitrogen and oxygen atoms in total. The first-order valence-electron chi connectivity index (χ1n) is 6.98. The Balaban J connectivity index is 2.20. The van der Waals surface area contributed by atoms with Gasteiger partial charge in [0.05, 0.1) is 5.69 Å². The van der Waals surface area contributed by atoms with E-state index >= 15 is 0 Å². The molecule has 7 heteroatoms. The zero-order valence-corrected chi connectivity index (χ0v) is 12.5. The summed E-state index contributed by atoms with van der Waals surface area (Å²) in [5, 5.41) is 14.2. The Morgan fingerprint density at radius 3 is 2.35 bits per heavy atom. The number of alkyl halides is 3. The lowest BCUT2D eigenvalue weighted by Crippen LogP contribution is -2.08. The van der Waals surface area contributed by atoms with Crippen LogP contribution in [0.25, 0.3) is 5.65 Å². The molecule has 2 aromatic heterocycles. The van der Waals surface area contributed by atoms with Gasteiger partial charge in [-0.1, -0.05) is 30.3 Å². The van der Waals surface area contributed by atoms with E-state index in [0.717, 1.165) is 10.1 Å². The van der Waals surface area contributed by atoms with Crippen LogP contribution >= 0.6 is 0 Å². The van der Waals surface area contributed by atoms with Crippen molar-refractivity contribution in [1.82, 2.24) is 14.6 Å². The topological polar surface area (TPSA) is 50.4 Å². The predicted molar refractivity (Wildman–Crippen MR) is 78.4 cm³/mol. The van der Waals surface area contributed by atoms with Crippen LogP contribution < -0.4 is 0 Å². The summed E-state index contributed by atoms with van der Waals surface area (Å²) in [6.45, 7) is 2.84. The van der Waals surface area contributed by atoms with Gasteiger partial charge in [0.25, 0.3) is 0 Å². The van der Waals surface area contributed by atoms with Crippen LogP contribution in [-0.4, -0.2) is 19.7 Å². The highest BCUT2D eigenvalue weighted by atomic mass is 19.4. The number of fused-ring (bicyclic) bond motifs is 1. The van der Waals surface area contributed by atoms with Gasteiger partial charge in [-0.2, -0.15) is 22.8 Å². The summed E-state index contributed by atoms with van der Waals surface area (Å²) in [5.41, 5.74) is 0.233. The molecule has 0 unspecified atom stereocenters. The molecule has 0 aliphatic carbocycles. The van der Waals surface area contributed by atoms with E-state index in [1.165, 1.54) is 6.92 Å². The van der Waals surface area contributed by atoms with Crippen molar-refractivity contribution < 1.29 is 18.3 Å². The molecule has 1 N–H and O–H groups in total. The Morgan fingerprint density at radius 2 is 1.74 bits per heavy atom. The Hall–Kier alpha value is -2.57. The molecule has 0 fully saturated rings. The summed E-state index contributed by atoms with van der Waals surface area (Å²) in [5.74, 6) is -0.310. The molecule has 3 aromatic rings. The van der Waals surface area contributed by atoms with E-state index in [1.807, 2.05) is 30.3 Å². The van der Waals surface area contributed by atoms with Crippen LogP contribution in [0.4, 0.5) is 13.2 Å². The van der Waals surface area contributed by atoms with Crippen LogP contribution in [0.5, 0.6) is 5.88 Å². The van der Waals surface area contributed by atoms with Crippen molar-refractivity contribution in [3.8, 4) is 5.88 Å². The van der Waals surface area contributed by atoms with E-state index in [4.69, 9.17) is 0 Å². The Labute approximate surface area is 130 Å². The third-order valence-corrected chi connectivity index (χ3v) is 3.72. The maximum Gasteiger partial charge on any atom is 0.421 e. The van der Waals surface area contributed by atoms with Gasteiger partial charge in [-0.05, 0) is 19.4 Å². The molecule has 0 aliphatic heterocycles. The van der Waals surface area contributed by atoms with E-state index in [2.05, 4.69) is 10.1 Å². The number of aromatic hydroxyl groups is 1. The first kappa shape index (κ1) is 15.3. The minimum Gasteiger partial charge on any atom is -0.493 e. The molecule has 0 saturated carbocycles. The van der Waals surface area contributed by atoms with Gasteiger partial charge in [0.2, 0.25) is 5.88 Å². The number of benzene rings is 1. The number of hydrogen-bond donors (Lipinski definition) is 1. The molecule has 0 aliphatic rings. The van der Waals surface area contributed by atoms with Gasteiger partial charge in [-0.3, -0.25) is 0 Å². The van der Waals surface area contributed by atoms with Crippen molar-refractivity contribution in [2.75, 3.05) is 0 Å². The molecule has 2 heterocycles. The highest BCUT2D eigenvalue weighted by molar-refractivity contribution is 5.56. The van der Waals surface area contributed by atoms with Gasteiger partial charge in [0, 0.05) is 17.7 Å². The minimum atomic E-state index is -4.57. The van der Waals surface area contributed by atoms with Crippen LogP contribution in [0.3, 0.4) is 0 Å². The molecular weight excluding hydrogens is 307 g/mol. The Morgan fingerprint density at radius 1 is 1.09 bits per heavy atom. The van der Waals surface area contributed by atoms with E-state index in [1.54, 1.807) is 6.92 Å².